The first-order valence-corrected chi connectivity index (χ1v) is 14.1. The van der Waals surface area contributed by atoms with Crippen LogP contribution in [-0.2, 0) is 25.9 Å². The third-order valence-corrected chi connectivity index (χ3v) is 9.27. The molecule has 6 nitrogen and oxygen atoms in total. The Balaban J connectivity index is 1.48. The van der Waals surface area contributed by atoms with Crippen molar-refractivity contribution >= 4 is 27.1 Å². The van der Waals surface area contributed by atoms with Gasteiger partial charge in [-0.3, -0.25) is 9.69 Å². The normalized spacial score (nSPS) is 27.0. The summed E-state index contributed by atoms with van der Waals surface area (Å²) in [4.78, 5) is 19.0. The second-order valence-electron chi connectivity index (χ2n) is 9.03. The van der Waals surface area contributed by atoms with Crippen molar-refractivity contribution in [1.29, 1.82) is 0 Å². The molecule has 1 aromatic rings. The van der Waals surface area contributed by atoms with Gasteiger partial charge >= 0.3 is 0 Å². The summed E-state index contributed by atoms with van der Waals surface area (Å²) in [5, 5.41) is 2.07. The molecular formula is C22H34N2O4S2. The van der Waals surface area contributed by atoms with Gasteiger partial charge in [-0.2, -0.15) is 0 Å². The maximum Gasteiger partial charge on any atom is 0.237 e. The van der Waals surface area contributed by atoms with E-state index in [0.717, 1.165) is 58.2 Å². The SMILES string of the molecule is O=C(CN(Cc1cccs1)CC1CCCO1)N(C1CCCCC1)C1CCS(=O)(=O)C1. The van der Waals surface area contributed by atoms with Crippen LogP contribution < -0.4 is 0 Å². The highest BCUT2D eigenvalue weighted by Gasteiger charge is 2.39. The minimum atomic E-state index is -3.03. The molecule has 0 aromatic carbocycles. The van der Waals surface area contributed by atoms with Crippen LogP contribution >= 0.6 is 11.3 Å². The van der Waals surface area contributed by atoms with Crippen LogP contribution in [0.3, 0.4) is 0 Å². The van der Waals surface area contributed by atoms with Gasteiger partial charge in [0, 0.05) is 36.7 Å². The Morgan fingerprint density at radius 2 is 1.93 bits per heavy atom. The summed E-state index contributed by atoms with van der Waals surface area (Å²) < 4.78 is 30.1. The van der Waals surface area contributed by atoms with Crippen molar-refractivity contribution < 1.29 is 17.9 Å². The summed E-state index contributed by atoms with van der Waals surface area (Å²) in [6.45, 7) is 2.64. The number of amides is 1. The number of nitrogens with zero attached hydrogens (tertiary/aromatic N) is 2. The highest BCUT2D eigenvalue weighted by molar-refractivity contribution is 7.91. The van der Waals surface area contributed by atoms with E-state index in [4.69, 9.17) is 4.74 Å². The summed E-state index contributed by atoms with van der Waals surface area (Å²) in [5.41, 5.74) is 0. The third-order valence-electron chi connectivity index (χ3n) is 6.66. The summed E-state index contributed by atoms with van der Waals surface area (Å²) >= 11 is 1.71. The minimum absolute atomic E-state index is 0.0959. The standard InChI is InChI=1S/C22H34N2O4S2/c25-22(16-23(14-20-8-4-11-28-20)15-21-9-5-12-29-21)24(18-6-2-1-3-7-18)19-10-13-30(26,27)17-19/h5,9,12,18-20H,1-4,6-8,10-11,13-17H2. The molecule has 2 aliphatic heterocycles. The molecule has 8 heteroatoms. The van der Waals surface area contributed by atoms with E-state index in [1.54, 1.807) is 11.3 Å². The van der Waals surface area contributed by atoms with E-state index in [0.29, 0.717) is 13.0 Å². The van der Waals surface area contributed by atoms with Crippen LogP contribution in [0.25, 0.3) is 0 Å². The maximum atomic E-state index is 13.6. The molecule has 2 unspecified atom stereocenters. The number of hydrogen-bond donors (Lipinski definition) is 0. The quantitative estimate of drug-likeness (QED) is 0.604. The van der Waals surface area contributed by atoms with Gasteiger partial charge in [-0.05, 0) is 43.6 Å². The topological polar surface area (TPSA) is 66.9 Å². The predicted molar refractivity (Wildman–Crippen MR) is 119 cm³/mol. The zero-order chi connectivity index (χ0) is 21.0. The highest BCUT2D eigenvalue weighted by atomic mass is 32.2. The van der Waals surface area contributed by atoms with Crippen molar-refractivity contribution in [3.8, 4) is 0 Å². The molecule has 1 amide bonds. The predicted octanol–water partition coefficient (Wildman–Crippen LogP) is 3.08. The average Bonchev–Trinajstić information content (AvgIpc) is 3.46. The van der Waals surface area contributed by atoms with Gasteiger partial charge in [0.1, 0.15) is 0 Å². The van der Waals surface area contributed by atoms with Crippen molar-refractivity contribution in [2.75, 3.05) is 31.2 Å². The lowest BCUT2D eigenvalue weighted by Gasteiger charge is -2.39. The van der Waals surface area contributed by atoms with Gasteiger partial charge in [-0.15, -0.1) is 11.3 Å². The summed E-state index contributed by atoms with van der Waals surface area (Å²) in [7, 11) is -3.03. The van der Waals surface area contributed by atoms with Gasteiger partial charge in [-0.25, -0.2) is 8.42 Å². The third kappa shape index (κ3) is 5.84. The van der Waals surface area contributed by atoms with Crippen LogP contribution in [0.15, 0.2) is 17.5 Å². The van der Waals surface area contributed by atoms with Crippen LogP contribution in [-0.4, -0.2) is 73.5 Å². The van der Waals surface area contributed by atoms with Crippen LogP contribution in [0.4, 0.5) is 0 Å². The number of carbonyl (C=O) groups excluding carboxylic acids is 1. The Morgan fingerprint density at radius 1 is 1.10 bits per heavy atom. The molecule has 0 radical (unpaired) electrons. The molecule has 2 atom stereocenters. The van der Waals surface area contributed by atoms with Crippen molar-refractivity contribution in [3.05, 3.63) is 22.4 Å². The molecule has 1 aliphatic carbocycles. The highest BCUT2D eigenvalue weighted by Crippen LogP contribution is 2.29. The molecule has 0 N–H and O–H groups in total. The van der Waals surface area contributed by atoms with Gasteiger partial charge in [-0.1, -0.05) is 25.3 Å². The lowest BCUT2D eigenvalue weighted by Crippen LogP contribution is -2.52. The largest absolute Gasteiger partial charge is 0.377 e. The fourth-order valence-corrected chi connectivity index (χ4v) is 7.67. The number of thiophene rings is 1. The van der Waals surface area contributed by atoms with Crippen molar-refractivity contribution in [1.82, 2.24) is 9.80 Å². The molecule has 0 spiro atoms. The summed E-state index contributed by atoms with van der Waals surface area (Å²) in [6, 6.07) is 4.19. The van der Waals surface area contributed by atoms with Gasteiger partial charge in [0.2, 0.25) is 5.91 Å². The van der Waals surface area contributed by atoms with Crippen molar-refractivity contribution in [2.45, 2.75) is 76.1 Å². The zero-order valence-electron chi connectivity index (χ0n) is 17.7. The monoisotopic (exact) mass is 454 g/mol. The van der Waals surface area contributed by atoms with Crippen molar-refractivity contribution in [3.63, 3.8) is 0 Å². The van der Waals surface area contributed by atoms with Gasteiger partial charge in [0.05, 0.1) is 24.2 Å². The summed E-state index contributed by atoms with van der Waals surface area (Å²) in [6.07, 6.45) is 8.37. The van der Waals surface area contributed by atoms with Gasteiger partial charge in [0.15, 0.2) is 9.84 Å². The van der Waals surface area contributed by atoms with Crippen LogP contribution in [0.2, 0.25) is 0 Å². The Kier molecular flexibility index (Phi) is 7.49. The number of hydrogen-bond acceptors (Lipinski definition) is 6. The van der Waals surface area contributed by atoms with Crippen LogP contribution in [0, 0.1) is 0 Å². The molecular weight excluding hydrogens is 420 g/mol. The molecule has 168 valence electrons. The second-order valence-corrected chi connectivity index (χ2v) is 12.3. The second kappa shape index (κ2) is 10.1. The van der Waals surface area contributed by atoms with Crippen LogP contribution in [0.1, 0.15) is 56.2 Å². The lowest BCUT2D eigenvalue weighted by atomic mass is 9.92. The Bertz CT molecular complexity index is 784. The minimum Gasteiger partial charge on any atom is -0.377 e. The Morgan fingerprint density at radius 3 is 2.57 bits per heavy atom. The molecule has 2 saturated heterocycles. The fourth-order valence-electron chi connectivity index (χ4n) is 5.22. The number of carbonyl (C=O) groups is 1. The first-order chi connectivity index (χ1) is 14.5. The molecule has 30 heavy (non-hydrogen) atoms. The van der Waals surface area contributed by atoms with E-state index in [-0.39, 0.29) is 35.6 Å². The number of rotatable bonds is 8. The maximum absolute atomic E-state index is 13.6. The van der Waals surface area contributed by atoms with Crippen molar-refractivity contribution in [2.24, 2.45) is 0 Å². The lowest BCUT2D eigenvalue weighted by molar-refractivity contribution is -0.138. The Labute approximate surface area is 184 Å². The molecule has 3 heterocycles. The first kappa shape index (κ1) is 22.2. The molecule has 3 fully saturated rings. The van der Waals surface area contributed by atoms with E-state index < -0.39 is 9.84 Å². The Hall–Kier alpha value is -0.960. The van der Waals surface area contributed by atoms with E-state index in [9.17, 15) is 13.2 Å². The van der Waals surface area contributed by atoms with E-state index in [2.05, 4.69) is 16.3 Å². The number of ether oxygens (including phenoxy) is 1. The molecule has 3 aliphatic rings. The van der Waals surface area contributed by atoms with Crippen LogP contribution in [0.5, 0.6) is 0 Å². The van der Waals surface area contributed by atoms with E-state index >= 15 is 0 Å². The average molecular weight is 455 g/mol. The number of sulfone groups is 1. The zero-order valence-corrected chi connectivity index (χ0v) is 19.3. The molecule has 1 saturated carbocycles. The van der Waals surface area contributed by atoms with Gasteiger partial charge < -0.3 is 9.64 Å². The first-order valence-electron chi connectivity index (χ1n) is 11.4. The summed E-state index contributed by atoms with van der Waals surface area (Å²) in [5.74, 6) is 0.438. The smallest absolute Gasteiger partial charge is 0.237 e. The van der Waals surface area contributed by atoms with E-state index in [1.807, 2.05) is 11.0 Å². The van der Waals surface area contributed by atoms with E-state index in [1.165, 1.54) is 11.3 Å². The van der Waals surface area contributed by atoms with Gasteiger partial charge in [0.25, 0.3) is 0 Å². The fraction of sp³-hybridized carbons (Fsp3) is 0.773. The molecule has 0 bridgehead atoms. The molecule has 1 aromatic heterocycles. The molecule has 4 rings (SSSR count).